The monoisotopic (exact) mass is 375 g/mol. The molecule has 0 aliphatic rings. The van der Waals surface area contributed by atoms with Gasteiger partial charge < -0.3 is 20.3 Å². The Labute approximate surface area is 158 Å². The zero-order chi connectivity index (χ0) is 20.2. The van der Waals surface area contributed by atoms with Crippen LogP contribution in [0.1, 0.15) is 31.7 Å². The summed E-state index contributed by atoms with van der Waals surface area (Å²) in [7, 11) is 1.67. The normalized spacial score (nSPS) is 9.85. The molecule has 0 aliphatic carbocycles. The van der Waals surface area contributed by atoms with Crippen molar-refractivity contribution >= 4 is 28.6 Å². The van der Waals surface area contributed by atoms with Gasteiger partial charge in [-0.05, 0) is 41.3 Å². The molecule has 0 aromatic heterocycles. The number of carboxylic acid groups (broad SMARTS) is 2. The molecule has 0 fully saturated rings. The summed E-state index contributed by atoms with van der Waals surface area (Å²) in [5.74, 6) is -1.03. The van der Waals surface area contributed by atoms with Gasteiger partial charge in [-0.3, -0.25) is 14.4 Å². The van der Waals surface area contributed by atoms with Crippen LogP contribution in [-0.2, 0) is 20.8 Å². The second kappa shape index (κ2) is 11.5. The van der Waals surface area contributed by atoms with Gasteiger partial charge in [-0.25, -0.2) is 0 Å². The van der Waals surface area contributed by atoms with Crippen molar-refractivity contribution < 1.29 is 29.3 Å². The number of aliphatic carboxylic acids is 2. The number of nitrogens with one attached hydrogen (secondary N) is 1. The molecule has 0 radical (unpaired) electrons. The fourth-order valence-electron chi connectivity index (χ4n) is 2.43. The molecule has 0 saturated heterocycles. The van der Waals surface area contributed by atoms with E-state index in [1.54, 1.807) is 7.11 Å². The Morgan fingerprint density at radius 2 is 1.70 bits per heavy atom. The number of carboxylic acids is 2. The van der Waals surface area contributed by atoms with Crippen LogP contribution in [0.25, 0.3) is 10.8 Å². The maximum atomic E-state index is 10.9. The van der Waals surface area contributed by atoms with Crippen LogP contribution in [0.15, 0.2) is 36.4 Å². The van der Waals surface area contributed by atoms with Gasteiger partial charge in [0.05, 0.1) is 7.11 Å². The Hall–Kier alpha value is -3.09. The predicted molar refractivity (Wildman–Crippen MR) is 102 cm³/mol. The maximum absolute atomic E-state index is 10.9. The molecule has 1 amide bonds. The summed E-state index contributed by atoms with van der Waals surface area (Å²) in [5, 5.41) is 21.3. The van der Waals surface area contributed by atoms with Gasteiger partial charge in [-0.15, -0.1) is 0 Å². The summed E-state index contributed by atoms with van der Waals surface area (Å²) in [6.45, 7) is 2.19. The lowest BCUT2D eigenvalue weighted by atomic mass is 10.0. The number of benzene rings is 2. The van der Waals surface area contributed by atoms with Gasteiger partial charge in [0.1, 0.15) is 5.75 Å². The van der Waals surface area contributed by atoms with Gasteiger partial charge in [-0.1, -0.05) is 24.3 Å². The Kier molecular flexibility index (Phi) is 9.36. The molecule has 7 nitrogen and oxygen atoms in total. The number of rotatable bonds is 8. The first-order valence-corrected chi connectivity index (χ1v) is 8.57. The van der Waals surface area contributed by atoms with Crippen molar-refractivity contribution in [3.63, 3.8) is 0 Å². The summed E-state index contributed by atoms with van der Waals surface area (Å²) in [4.78, 5) is 30.4. The number of methoxy groups -OCH3 is 1. The standard InChI is InChI=1S/C15H17NO2.C5H8O4/c1-11(17)16-9-8-13-5-3-4-12-6-7-14(18-2)10-15(12)13;6-4(7)2-1-3-5(8)9/h3-7,10H,8-9H2,1-2H3,(H,16,17);1-3H2,(H,6,7)(H,8,9). The lowest BCUT2D eigenvalue weighted by Gasteiger charge is -2.08. The first kappa shape index (κ1) is 22.0. The van der Waals surface area contributed by atoms with E-state index < -0.39 is 11.9 Å². The number of carbonyl (C=O) groups is 3. The summed E-state index contributed by atoms with van der Waals surface area (Å²) < 4.78 is 5.25. The predicted octanol–water partition coefficient (Wildman–Crippen LogP) is 2.85. The topological polar surface area (TPSA) is 113 Å². The minimum Gasteiger partial charge on any atom is -0.497 e. The number of hydrogen-bond donors (Lipinski definition) is 3. The average Bonchev–Trinajstić information content (AvgIpc) is 2.61. The maximum Gasteiger partial charge on any atom is 0.303 e. The zero-order valence-corrected chi connectivity index (χ0v) is 15.5. The third-order valence-electron chi connectivity index (χ3n) is 3.73. The van der Waals surface area contributed by atoms with Crippen LogP contribution >= 0.6 is 0 Å². The van der Waals surface area contributed by atoms with E-state index in [9.17, 15) is 14.4 Å². The third-order valence-corrected chi connectivity index (χ3v) is 3.73. The molecule has 3 N–H and O–H groups in total. The van der Waals surface area contributed by atoms with Crippen molar-refractivity contribution in [1.29, 1.82) is 0 Å². The second-order valence-corrected chi connectivity index (χ2v) is 5.88. The van der Waals surface area contributed by atoms with Crippen molar-refractivity contribution in [2.45, 2.75) is 32.6 Å². The third kappa shape index (κ3) is 8.71. The smallest absolute Gasteiger partial charge is 0.303 e. The van der Waals surface area contributed by atoms with Gasteiger partial charge in [0.25, 0.3) is 0 Å². The Morgan fingerprint density at radius 3 is 2.26 bits per heavy atom. The molecular formula is C20H25NO6. The molecule has 0 unspecified atom stereocenters. The lowest BCUT2D eigenvalue weighted by molar-refractivity contribution is -0.138. The highest BCUT2D eigenvalue weighted by Crippen LogP contribution is 2.24. The van der Waals surface area contributed by atoms with Crippen LogP contribution < -0.4 is 10.1 Å². The first-order chi connectivity index (χ1) is 12.8. The molecular weight excluding hydrogens is 350 g/mol. The van der Waals surface area contributed by atoms with Gasteiger partial charge in [0, 0.05) is 26.3 Å². The highest BCUT2D eigenvalue weighted by Gasteiger charge is 2.03. The Balaban J connectivity index is 0.000000345. The number of hydrogen-bond acceptors (Lipinski definition) is 4. The van der Waals surface area contributed by atoms with E-state index in [-0.39, 0.29) is 25.2 Å². The van der Waals surface area contributed by atoms with Gasteiger partial charge >= 0.3 is 11.9 Å². The van der Waals surface area contributed by atoms with E-state index >= 15 is 0 Å². The van der Waals surface area contributed by atoms with Crippen LogP contribution in [0.2, 0.25) is 0 Å². The lowest BCUT2D eigenvalue weighted by Crippen LogP contribution is -2.22. The van der Waals surface area contributed by atoms with Crippen LogP contribution in [0.4, 0.5) is 0 Å². The summed E-state index contributed by atoms with van der Waals surface area (Å²) >= 11 is 0. The number of ether oxygens (including phenoxy) is 1. The van der Waals surface area contributed by atoms with Crippen molar-refractivity contribution in [3.05, 3.63) is 42.0 Å². The zero-order valence-electron chi connectivity index (χ0n) is 15.5. The summed E-state index contributed by atoms with van der Waals surface area (Å²) in [6, 6.07) is 12.3. The quantitative estimate of drug-likeness (QED) is 0.654. The molecule has 0 saturated carbocycles. The van der Waals surface area contributed by atoms with E-state index in [4.69, 9.17) is 14.9 Å². The van der Waals surface area contributed by atoms with Crippen molar-refractivity contribution in [1.82, 2.24) is 5.32 Å². The molecule has 2 rings (SSSR count). The van der Waals surface area contributed by atoms with E-state index in [1.165, 1.54) is 23.3 Å². The van der Waals surface area contributed by atoms with E-state index in [0.717, 1.165) is 12.2 Å². The molecule has 0 aliphatic heterocycles. The van der Waals surface area contributed by atoms with Gasteiger partial charge in [-0.2, -0.15) is 0 Å². The molecule has 7 heteroatoms. The molecule has 0 spiro atoms. The first-order valence-electron chi connectivity index (χ1n) is 8.57. The van der Waals surface area contributed by atoms with Crippen molar-refractivity contribution in [3.8, 4) is 5.75 Å². The average molecular weight is 375 g/mol. The minimum atomic E-state index is -0.948. The largest absolute Gasteiger partial charge is 0.497 e. The molecule has 0 heterocycles. The molecule has 2 aromatic rings. The fraction of sp³-hybridized carbons (Fsp3) is 0.350. The summed E-state index contributed by atoms with van der Waals surface area (Å²) in [5.41, 5.74) is 1.22. The Morgan fingerprint density at radius 1 is 1.04 bits per heavy atom. The van der Waals surface area contributed by atoms with Crippen LogP contribution in [0.3, 0.4) is 0 Å². The molecule has 146 valence electrons. The summed E-state index contributed by atoms with van der Waals surface area (Å²) in [6.07, 6.45) is 0.910. The number of carbonyl (C=O) groups excluding carboxylic acids is 1. The second-order valence-electron chi connectivity index (χ2n) is 5.88. The highest BCUT2D eigenvalue weighted by molar-refractivity contribution is 5.87. The highest BCUT2D eigenvalue weighted by atomic mass is 16.5. The van der Waals surface area contributed by atoms with E-state index in [2.05, 4.69) is 23.5 Å². The number of fused-ring (bicyclic) bond motifs is 1. The van der Waals surface area contributed by atoms with Crippen LogP contribution in [0, 0.1) is 0 Å². The Bertz CT molecular complexity index is 773. The minimum absolute atomic E-state index is 0.00724. The van der Waals surface area contributed by atoms with E-state index in [0.29, 0.717) is 6.54 Å². The van der Waals surface area contributed by atoms with Gasteiger partial charge in [0.15, 0.2) is 0 Å². The van der Waals surface area contributed by atoms with Crippen LogP contribution in [-0.4, -0.2) is 41.7 Å². The van der Waals surface area contributed by atoms with Crippen molar-refractivity contribution in [2.75, 3.05) is 13.7 Å². The van der Waals surface area contributed by atoms with Gasteiger partial charge in [0.2, 0.25) is 5.91 Å². The van der Waals surface area contributed by atoms with E-state index in [1.807, 2.05) is 18.2 Å². The van der Waals surface area contributed by atoms with Crippen molar-refractivity contribution in [2.24, 2.45) is 0 Å². The molecule has 0 bridgehead atoms. The molecule has 2 aromatic carbocycles. The molecule has 0 atom stereocenters. The SMILES string of the molecule is COc1ccc2cccc(CCNC(C)=O)c2c1.O=C(O)CCCC(=O)O. The number of amides is 1. The van der Waals surface area contributed by atoms with Crippen LogP contribution in [0.5, 0.6) is 5.75 Å². The molecule has 27 heavy (non-hydrogen) atoms. The fourth-order valence-corrected chi connectivity index (χ4v) is 2.43.